The lowest BCUT2D eigenvalue weighted by Crippen LogP contribution is -2.26. The van der Waals surface area contributed by atoms with Crippen molar-refractivity contribution in [2.45, 2.75) is 57.8 Å². The Kier molecular flexibility index (Phi) is 16.8. The van der Waals surface area contributed by atoms with Crippen molar-refractivity contribution in [3.8, 4) is 102 Å². The zero-order valence-electron chi connectivity index (χ0n) is 72.0. The molecule has 0 saturated heterocycles. The second kappa shape index (κ2) is 28.8. The van der Waals surface area contributed by atoms with Gasteiger partial charge in [0.25, 0.3) is 0 Å². The summed E-state index contributed by atoms with van der Waals surface area (Å²) in [5, 5.41) is 7.56. The lowest BCUT2D eigenvalue weighted by atomic mass is 9.74. The molecule has 0 fully saturated rings. The number of hydrogen-bond acceptors (Lipinski definition) is 6. The second-order valence-corrected chi connectivity index (χ2v) is 35.9. The van der Waals surface area contributed by atoms with Crippen LogP contribution in [-0.4, -0.2) is 57.3 Å². The number of aromatic nitrogens is 12. The molecule has 24 aromatic rings. The first-order chi connectivity index (χ1) is 63.3. The minimum Gasteiger partial charge on any atom is -0.309 e. The van der Waals surface area contributed by atoms with E-state index in [0.29, 0.717) is 0 Å². The maximum absolute atomic E-state index is 5.12. The van der Waals surface area contributed by atoms with Gasteiger partial charge in [-0.15, -0.1) is 0 Å². The molecule has 27 rings (SSSR count). The van der Waals surface area contributed by atoms with E-state index in [1.54, 1.807) is 0 Å². The van der Waals surface area contributed by atoms with Crippen LogP contribution in [0.2, 0.25) is 0 Å². The van der Waals surface area contributed by atoms with E-state index in [9.17, 15) is 0 Å². The molecule has 0 spiro atoms. The summed E-state index contributed by atoms with van der Waals surface area (Å²) in [5.41, 5.74) is 38.3. The molecular formula is C117H84N12. The lowest BCUT2D eigenvalue weighted by molar-refractivity contribution is 0.629. The van der Waals surface area contributed by atoms with Crippen molar-refractivity contribution in [2.75, 3.05) is 0 Å². The molecule has 3 aliphatic heterocycles. The molecule has 3 aliphatic rings. The van der Waals surface area contributed by atoms with E-state index in [-0.39, 0.29) is 16.2 Å². The van der Waals surface area contributed by atoms with Gasteiger partial charge in [0.1, 0.15) is 17.3 Å². The number of para-hydroxylation sites is 9. The molecule has 0 atom stereocenters. The topological polar surface area (TPSA) is 107 Å². The van der Waals surface area contributed by atoms with Gasteiger partial charge in [0.2, 0.25) is 0 Å². The van der Waals surface area contributed by atoms with Gasteiger partial charge in [-0.2, -0.15) is 0 Å². The average Bonchev–Trinajstić information content (AvgIpc) is 1.60. The number of imidazole rings is 3. The molecule has 0 N–H and O–H groups in total. The summed E-state index contributed by atoms with van der Waals surface area (Å²) in [6.45, 7) is 14.0. The van der Waals surface area contributed by atoms with Gasteiger partial charge in [0.15, 0.2) is 5.82 Å². The van der Waals surface area contributed by atoms with Crippen molar-refractivity contribution in [3.63, 3.8) is 0 Å². The zero-order valence-corrected chi connectivity index (χ0v) is 72.0. The number of rotatable bonds is 9. The van der Waals surface area contributed by atoms with Crippen LogP contribution in [0.4, 0.5) is 0 Å². The van der Waals surface area contributed by atoms with Crippen LogP contribution in [0.15, 0.2) is 401 Å². The third kappa shape index (κ3) is 11.5. The largest absolute Gasteiger partial charge is 0.309 e. The fourth-order valence-corrected chi connectivity index (χ4v) is 21.3. The van der Waals surface area contributed by atoms with E-state index in [2.05, 4.69) is 418 Å². The van der Waals surface area contributed by atoms with Crippen molar-refractivity contribution in [2.24, 2.45) is 0 Å². The zero-order chi connectivity index (χ0) is 86.1. The highest BCUT2D eigenvalue weighted by Gasteiger charge is 2.40. The first kappa shape index (κ1) is 75.1. The molecule has 9 aromatic heterocycles. The summed E-state index contributed by atoms with van der Waals surface area (Å²) < 4.78 is 14.1. The van der Waals surface area contributed by atoms with E-state index >= 15 is 0 Å². The van der Waals surface area contributed by atoms with E-state index < -0.39 is 0 Å². The third-order valence-electron chi connectivity index (χ3n) is 27.6. The Morgan fingerprint density at radius 3 is 0.930 bits per heavy atom. The van der Waals surface area contributed by atoms with Crippen LogP contribution in [0.25, 0.3) is 200 Å². The van der Waals surface area contributed by atoms with E-state index in [0.717, 1.165) is 56.5 Å². The molecule has 12 heterocycles. The first-order valence-electron chi connectivity index (χ1n) is 44.3. The van der Waals surface area contributed by atoms with Crippen LogP contribution in [0.1, 0.15) is 74.9 Å². The van der Waals surface area contributed by atoms with Crippen LogP contribution in [0.3, 0.4) is 0 Å². The number of nitrogens with zero attached hydrogens (tertiary/aromatic N) is 12. The van der Waals surface area contributed by atoms with E-state index in [1.807, 2.05) is 67.4 Å². The first-order valence-corrected chi connectivity index (χ1v) is 44.3. The molecule has 0 radical (unpaired) electrons. The van der Waals surface area contributed by atoms with E-state index in [4.69, 9.17) is 15.0 Å². The number of pyridine rings is 3. The van der Waals surface area contributed by atoms with Crippen LogP contribution < -0.4 is 0 Å². The Hall–Kier alpha value is -16.4. The fraction of sp³-hybridized carbons (Fsp3) is 0.0769. The summed E-state index contributed by atoms with van der Waals surface area (Å²) >= 11 is 0. The highest BCUT2D eigenvalue weighted by atomic mass is 15.1. The molecule has 0 unspecified atom stereocenters. The lowest BCUT2D eigenvalue weighted by Gasteiger charge is -2.35. The molecule has 15 aromatic carbocycles. The van der Waals surface area contributed by atoms with Crippen molar-refractivity contribution in [1.29, 1.82) is 0 Å². The van der Waals surface area contributed by atoms with Crippen molar-refractivity contribution in [3.05, 3.63) is 434 Å². The normalized spacial score (nSPS) is 13.5. The smallest absolute Gasteiger partial charge is 0.164 e. The summed E-state index contributed by atoms with van der Waals surface area (Å²) in [4.78, 5) is 28.6. The van der Waals surface area contributed by atoms with Gasteiger partial charge in [0, 0.05) is 108 Å². The second-order valence-electron chi connectivity index (χ2n) is 35.9. The number of hydrogen-bond donors (Lipinski definition) is 0. The third-order valence-corrected chi connectivity index (χ3v) is 27.6. The molecule has 612 valence electrons. The van der Waals surface area contributed by atoms with Crippen LogP contribution in [0.5, 0.6) is 0 Å². The van der Waals surface area contributed by atoms with Gasteiger partial charge < -0.3 is 13.7 Å². The Bertz CT molecular complexity index is 7880. The minimum atomic E-state index is -0.199. The average molecular weight is 1660 g/mol. The van der Waals surface area contributed by atoms with E-state index in [1.165, 1.54) is 177 Å². The number of benzene rings is 15. The molecular weight excluding hydrogens is 1570 g/mol. The molecule has 0 saturated carbocycles. The highest BCUT2D eigenvalue weighted by molar-refractivity contribution is 6.13. The molecule has 0 aliphatic carbocycles. The molecule has 12 heteroatoms. The predicted molar refractivity (Wildman–Crippen MR) is 529 cm³/mol. The standard InChI is InChI=1S/3C39H28N4/c1-39(2)31-14-8-15-33-37(31)43(38(41-33)27-10-9-21-40-24-27)36-20-18-26(23-32(36)39)25-17-19-35-30(22-25)29-13-6-7-16-34(29)42(35)28-11-4-3-5-12-28;1-39(2)30-14-10-16-32-37(30)43(38(41-32)33-15-8-9-22-40-33)36-21-19-26(24-31(36)39)25-18-20-35-29(23-25)28-13-6-7-17-34(28)42(35)27-11-4-3-5-12-27;1-39(2)31-12-8-13-33-37(31)43(38(41-33)25-19-21-40-22-20-25)36-18-16-27(24-32(36)39)26-15-17-35-30(23-26)29-11-6-7-14-34(29)42(35)28-9-4-3-5-10-28/h3*3-24H,1-2H3. The Morgan fingerprint density at radius 2 is 0.550 bits per heavy atom. The quantitative estimate of drug-likeness (QED) is 0.142. The summed E-state index contributed by atoms with van der Waals surface area (Å²) in [5.74, 6) is 2.75. The fourth-order valence-electron chi connectivity index (χ4n) is 21.3. The van der Waals surface area contributed by atoms with Crippen LogP contribution in [0, 0.1) is 0 Å². The Labute approximate surface area is 744 Å². The monoisotopic (exact) mass is 1660 g/mol. The summed E-state index contributed by atoms with van der Waals surface area (Å²) in [6.07, 6.45) is 9.23. The Balaban J connectivity index is 0.000000105. The van der Waals surface area contributed by atoms with Gasteiger partial charge in [0.05, 0.1) is 83.3 Å². The van der Waals surface area contributed by atoms with Gasteiger partial charge in [-0.25, -0.2) is 15.0 Å². The Morgan fingerprint density at radius 1 is 0.209 bits per heavy atom. The van der Waals surface area contributed by atoms with Crippen LogP contribution in [-0.2, 0) is 16.2 Å². The number of fused-ring (bicyclic) bond motifs is 15. The molecule has 129 heavy (non-hydrogen) atoms. The van der Waals surface area contributed by atoms with Crippen LogP contribution >= 0.6 is 0 Å². The van der Waals surface area contributed by atoms with Gasteiger partial charge in [-0.3, -0.25) is 28.7 Å². The molecule has 0 amide bonds. The SMILES string of the molecule is CC1(C)c2cc(-c3ccc4c(c3)c3ccccc3n4-c3ccccc3)ccc2-n2c(-c3ccccn3)nc3cccc1c32.CC1(C)c2cc(-c3ccc4c(c3)c3ccccc3n4-c3ccccc3)ccc2-n2c(-c3cccnc3)nc3cccc1c32.CC1(C)c2cc(-c3ccc4c(c3)c3ccccc3n4-c3ccccc3)ccc2-n2c(-c3ccncc3)nc3cccc1c32. The predicted octanol–water partition coefficient (Wildman–Crippen LogP) is 28.5. The van der Waals surface area contributed by atoms with Gasteiger partial charge in [-0.05, 0) is 249 Å². The maximum Gasteiger partial charge on any atom is 0.164 e. The highest BCUT2D eigenvalue weighted by Crippen LogP contribution is 2.53. The maximum atomic E-state index is 5.12. The summed E-state index contributed by atoms with van der Waals surface area (Å²) in [6, 6.07) is 133. The molecule has 12 nitrogen and oxygen atoms in total. The summed E-state index contributed by atoms with van der Waals surface area (Å²) in [7, 11) is 0. The van der Waals surface area contributed by atoms with Crippen molar-refractivity contribution in [1.82, 2.24) is 57.3 Å². The van der Waals surface area contributed by atoms with Gasteiger partial charge in [-0.1, -0.05) is 230 Å². The van der Waals surface area contributed by atoms with Crippen molar-refractivity contribution < 1.29 is 0 Å². The minimum absolute atomic E-state index is 0.191. The van der Waals surface area contributed by atoms with Crippen molar-refractivity contribution >= 4 is 98.5 Å². The molecule has 0 bridgehead atoms. The van der Waals surface area contributed by atoms with Gasteiger partial charge >= 0.3 is 0 Å².